The lowest BCUT2D eigenvalue weighted by atomic mass is 10.2. The molecule has 6 nitrogen and oxygen atoms in total. The third-order valence-electron chi connectivity index (χ3n) is 2.88. The Kier molecular flexibility index (Phi) is 4.72. The van der Waals surface area contributed by atoms with E-state index in [1.807, 2.05) is 25.1 Å². The molecule has 0 fully saturated rings. The zero-order valence-corrected chi connectivity index (χ0v) is 12.6. The van der Waals surface area contributed by atoms with Crippen molar-refractivity contribution in [1.29, 1.82) is 0 Å². The lowest BCUT2D eigenvalue weighted by molar-refractivity contribution is 0.0783. The highest BCUT2D eigenvalue weighted by Gasteiger charge is 2.14. The maximum atomic E-state index is 12.4. The van der Waals surface area contributed by atoms with Gasteiger partial charge in [0.2, 0.25) is 0 Å². The molecule has 0 bridgehead atoms. The summed E-state index contributed by atoms with van der Waals surface area (Å²) in [7, 11) is 1.70. The van der Waals surface area contributed by atoms with Gasteiger partial charge in [0.1, 0.15) is 11.0 Å². The van der Waals surface area contributed by atoms with Crippen LogP contribution in [-0.4, -0.2) is 27.8 Å². The standard InChI is InChI=1S/C14H16ClN5O/c1-9-4-3-5-11(17-9)8-20(2)14(21)10-6-12(15)18-13(7-10)19-16/h3-7H,8,16H2,1-2H3,(H,18,19). The van der Waals surface area contributed by atoms with Gasteiger partial charge in [0, 0.05) is 18.3 Å². The van der Waals surface area contributed by atoms with E-state index in [9.17, 15) is 4.79 Å². The zero-order chi connectivity index (χ0) is 15.4. The number of anilines is 1. The number of nitrogens with two attached hydrogens (primary N) is 1. The lowest BCUT2D eigenvalue weighted by Crippen LogP contribution is -2.27. The third kappa shape index (κ3) is 3.90. The fraction of sp³-hybridized carbons (Fsp3) is 0.214. The van der Waals surface area contributed by atoms with Crippen molar-refractivity contribution in [3.63, 3.8) is 0 Å². The Morgan fingerprint density at radius 3 is 2.81 bits per heavy atom. The Labute approximate surface area is 127 Å². The minimum Gasteiger partial charge on any atom is -0.336 e. The fourth-order valence-corrected chi connectivity index (χ4v) is 2.13. The summed E-state index contributed by atoms with van der Waals surface area (Å²) in [4.78, 5) is 22.3. The molecule has 2 aromatic rings. The normalized spacial score (nSPS) is 10.3. The number of carbonyl (C=O) groups excluding carboxylic acids is 1. The van der Waals surface area contributed by atoms with E-state index in [0.29, 0.717) is 17.9 Å². The minimum atomic E-state index is -0.181. The van der Waals surface area contributed by atoms with E-state index in [4.69, 9.17) is 17.4 Å². The van der Waals surface area contributed by atoms with Gasteiger partial charge in [-0.3, -0.25) is 9.78 Å². The van der Waals surface area contributed by atoms with E-state index in [1.54, 1.807) is 18.0 Å². The van der Waals surface area contributed by atoms with Crippen molar-refractivity contribution in [3.05, 3.63) is 52.4 Å². The fourth-order valence-electron chi connectivity index (χ4n) is 1.92. The topological polar surface area (TPSA) is 84.1 Å². The molecular weight excluding hydrogens is 290 g/mol. The number of hydrazine groups is 1. The molecule has 0 aliphatic heterocycles. The number of aryl methyl sites for hydroxylation is 1. The van der Waals surface area contributed by atoms with E-state index in [1.165, 1.54) is 6.07 Å². The summed E-state index contributed by atoms with van der Waals surface area (Å²) in [5, 5.41) is 0.205. The molecule has 0 saturated carbocycles. The molecule has 0 aromatic carbocycles. The Bertz CT molecular complexity index is 662. The number of nitrogens with zero attached hydrogens (tertiary/aromatic N) is 3. The number of carbonyl (C=O) groups is 1. The molecule has 0 saturated heterocycles. The Morgan fingerprint density at radius 1 is 1.38 bits per heavy atom. The van der Waals surface area contributed by atoms with Gasteiger partial charge < -0.3 is 10.3 Å². The maximum Gasteiger partial charge on any atom is 0.254 e. The predicted molar refractivity (Wildman–Crippen MR) is 81.8 cm³/mol. The molecule has 2 heterocycles. The van der Waals surface area contributed by atoms with Crippen LogP contribution < -0.4 is 11.3 Å². The Hall–Kier alpha value is -2.18. The van der Waals surface area contributed by atoms with Gasteiger partial charge in [-0.25, -0.2) is 10.8 Å². The van der Waals surface area contributed by atoms with Gasteiger partial charge in [0.05, 0.1) is 12.2 Å². The average Bonchev–Trinajstić information content (AvgIpc) is 2.45. The zero-order valence-electron chi connectivity index (χ0n) is 11.8. The summed E-state index contributed by atoms with van der Waals surface area (Å²) in [6, 6.07) is 8.76. The highest BCUT2D eigenvalue weighted by molar-refractivity contribution is 6.29. The second-order valence-corrected chi connectivity index (χ2v) is 5.03. The van der Waals surface area contributed by atoms with Crippen LogP contribution in [-0.2, 0) is 6.54 Å². The van der Waals surface area contributed by atoms with Crippen molar-refractivity contribution in [1.82, 2.24) is 14.9 Å². The molecule has 110 valence electrons. The number of pyridine rings is 2. The van der Waals surface area contributed by atoms with Crippen LogP contribution in [0.2, 0.25) is 5.15 Å². The van der Waals surface area contributed by atoms with Crippen molar-refractivity contribution in [2.75, 3.05) is 12.5 Å². The molecule has 21 heavy (non-hydrogen) atoms. The molecule has 0 atom stereocenters. The molecule has 0 aliphatic carbocycles. The molecular formula is C14H16ClN5O. The smallest absolute Gasteiger partial charge is 0.254 e. The lowest BCUT2D eigenvalue weighted by Gasteiger charge is -2.17. The summed E-state index contributed by atoms with van der Waals surface area (Å²) in [6.07, 6.45) is 0. The molecule has 2 rings (SSSR count). The number of rotatable bonds is 4. The van der Waals surface area contributed by atoms with Crippen LogP contribution in [0, 0.1) is 6.92 Å². The Balaban J connectivity index is 2.17. The van der Waals surface area contributed by atoms with Gasteiger partial charge in [-0.05, 0) is 31.2 Å². The van der Waals surface area contributed by atoms with Crippen LogP contribution in [0.4, 0.5) is 5.82 Å². The van der Waals surface area contributed by atoms with Crippen LogP contribution >= 0.6 is 11.6 Å². The summed E-state index contributed by atoms with van der Waals surface area (Å²) in [5.74, 6) is 5.46. The van der Waals surface area contributed by atoms with E-state index in [2.05, 4.69) is 15.4 Å². The van der Waals surface area contributed by atoms with Gasteiger partial charge in [-0.2, -0.15) is 0 Å². The first-order valence-corrected chi connectivity index (χ1v) is 6.69. The second-order valence-electron chi connectivity index (χ2n) is 4.64. The molecule has 0 unspecified atom stereocenters. The van der Waals surface area contributed by atoms with E-state index >= 15 is 0 Å². The SMILES string of the molecule is Cc1cccc(CN(C)C(=O)c2cc(Cl)nc(NN)c2)n1. The number of amides is 1. The summed E-state index contributed by atoms with van der Waals surface area (Å²) >= 11 is 5.87. The Morgan fingerprint density at radius 2 is 2.14 bits per heavy atom. The minimum absolute atomic E-state index is 0.181. The van der Waals surface area contributed by atoms with Crippen LogP contribution in [0.3, 0.4) is 0 Å². The summed E-state index contributed by atoms with van der Waals surface area (Å²) < 4.78 is 0. The quantitative estimate of drug-likeness (QED) is 0.513. The van der Waals surface area contributed by atoms with Crippen molar-refractivity contribution in [2.24, 2.45) is 5.84 Å². The number of hydrogen-bond acceptors (Lipinski definition) is 5. The summed E-state index contributed by atoms with van der Waals surface area (Å²) in [6.45, 7) is 2.32. The molecule has 0 radical (unpaired) electrons. The number of halogens is 1. The molecule has 7 heteroatoms. The van der Waals surface area contributed by atoms with E-state index in [0.717, 1.165) is 11.4 Å². The average molecular weight is 306 g/mol. The van der Waals surface area contributed by atoms with Gasteiger partial charge >= 0.3 is 0 Å². The largest absolute Gasteiger partial charge is 0.336 e. The second kappa shape index (κ2) is 6.51. The van der Waals surface area contributed by atoms with Crippen molar-refractivity contribution < 1.29 is 4.79 Å². The van der Waals surface area contributed by atoms with Crippen molar-refractivity contribution in [2.45, 2.75) is 13.5 Å². The van der Waals surface area contributed by atoms with Crippen molar-refractivity contribution >= 4 is 23.3 Å². The van der Waals surface area contributed by atoms with Crippen LogP contribution in [0.1, 0.15) is 21.7 Å². The van der Waals surface area contributed by atoms with Crippen molar-refractivity contribution in [3.8, 4) is 0 Å². The number of nitrogen functional groups attached to an aromatic ring is 1. The van der Waals surface area contributed by atoms with Crippen LogP contribution in [0.25, 0.3) is 0 Å². The third-order valence-corrected chi connectivity index (χ3v) is 3.07. The van der Waals surface area contributed by atoms with Gasteiger partial charge in [-0.15, -0.1) is 0 Å². The van der Waals surface area contributed by atoms with Crippen LogP contribution in [0.5, 0.6) is 0 Å². The molecule has 1 amide bonds. The molecule has 2 aromatic heterocycles. The highest BCUT2D eigenvalue weighted by atomic mass is 35.5. The molecule has 3 N–H and O–H groups in total. The first-order valence-electron chi connectivity index (χ1n) is 6.32. The highest BCUT2D eigenvalue weighted by Crippen LogP contribution is 2.16. The first-order chi connectivity index (χ1) is 9.99. The van der Waals surface area contributed by atoms with Gasteiger partial charge in [-0.1, -0.05) is 17.7 Å². The number of aromatic nitrogens is 2. The first kappa shape index (κ1) is 15.2. The van der Waals surface area contributed by atoms with E-state index in [-0.39, 0.29) is 11.1 Å². The molecule has 0 spiro atoms. The molecule has 0 aliphatic rings. The number of hydrogen-bond donors (Lipinski definition) is 2. The summed E-state index contributed by atoms with van der Waals surface area (Å²) in [5.41, 5.74) is 4.53. The van der Waals surface area contributed by atoms with Crippen LogP contribution in [0.15, 0.2) is 30.3 Å². The monoisotopic (exact) mass is 305 g/mol. The maximum absolute atomic E-state index is 12.4. The van der Waals surface area contributed by atoms with Gasteiger partial charge in [0.15, 0.2) is 0 Å². The predicted octanol–water partition coefficient (Wildman–Crippen LogP) is 2.00. The van der Waals surface area contributed by atoms with E-state index < -0.39 is 0 Å². The number of nitrogens with one attached hydrogen (secondary N) is 1. The van der Waals surface area contributed by atoms with Gasteiger partial charge in [0.25, 0.3) is 5.91 Å².